The van der Waals surface area contributed by atoms with E-state index in [-0.39, 0.29) is 5.91 Å². The molecule has 86 valence electrons. The molecule has 0 radical (unpaired) electrons. The molecule has 0 saturated heterocycles. The lowest BCUT2D eigenvalue weighted by molar-refractivity contribution is -0.119. The minimum absolute atomic E-state index is 0.0509. The predicted octanol–water partition coefficient (Wildman–Crippen LogP) is 2.62. The number of carbonyl (C=O) groups is 1. The van der Waals surface area contributed by atoms with Gasteiger partial charge in [-0.2, -0.15) is 0 Å². The van der Waals surface area contributed by atoms with E-state index in [4.69, 9.17) is 5.73 Å². The first kappa shape index (κ1) is 11.0. The summed E-state index contributed by atoms with van der Waals surface area (Å²) in [6.07, 6.45) is 0. The lowest BCUT2D eigenvalue weighted by Crippen LogP contribution is -2.26. The Morgan fingerprint density at radius 3 is 2.50 bits per heavy atom. The molecular formula is C13H18N2O. The van der Waals surface area contributed by atoms with E-state index in [1.165, 1.54) is 0 Å². The van der Waals surface area contributed by atoms with Gasteiger partial charge in [-0.15, -0.1) is 0 Å². The van der Waals surface area contributed by atoms with Crippen LogP contribution in [0, 0.1) is 0 Å². The number of amides is 1. The average Bonchev–Trinajstić information content (AvgIpc) is 2.37. The monoisotopic (exact) mass is 218 g/mol. The van der Waals surface area contributed by atoms with Crippen molar-refractivity contribution < 1.29 is 4.79 Å². The molecule has 2 rings (SSSR count). The molecule has 0 unspecified atom stereocenters. The van der Waals surface area contributed by atoms with Gasteiger partial charge >= 0.3 is 0 Å². The molecule has 0 spiro atoms. The zero-order valence-corrected chi connectivity index (χ0v) is 10.2. The Labute approximate surface area is 96.0 Å². The number of rotatable bonds is 1. The molecule has 0 saturated carbocycles. The van der Waals surface area contributed by atoms with Crippen molar-refractivity contribution in [2.24, 2.45) is 0 Å². The van der Waals surface area contributed by atoms with Crippen LogP contribution in [0.15, 0.2) is 12.1 Å². The summed E-state index contributed by atoms with van der Waals surface area (Å²) in [5, 5.41) is 2.96. The van der Waals surface area contributed by atoms with Gasteiger partial charge in [-0.1, -0.05) is 19.9 Å². The van der Waals surface area contributed by atoms with Gasteiger partial charge in [0.25, 0.3) is 0 Å². The molecule has 0 fully saturated rings. The highest BCUT2D eigenvalue weighted by atomic mass is 16.2. The number of hydrogen-bond acceptors (Lipinski definition) is 2. The number of nitrogens with two attached hydrogens (primary N) is 1. The predicted molar refractivity (Wildman–Crippen MR) is 66.6 cm³/mol. The van der Waals surface area contributed by atoms with Gasteiger partial charge in [0.2, 0.25) is 5.91 Å². The largest absolute Gasteiger partial charge is 0.398 e. The first-order valence-electron chi connectivity index (χ1n) is 5.60. The molecule has 0 bridgehead atoms. The Kier molecular flexibility index (Phi) is 2.22. The average molecular weight is 218 g/mol. The van der Waals surface area contributed by atoms with Crippen molar-refractivity contribution >= 4 is 17.3 Å². The maximum absolute atomic E-state index is 11.9. The highest BCUT2D eigenvalue weighted by Gasteiger charge is 2.40. The summed E-state index contributed by atoms with van der Waals surface area (Å²) in [5.74, 6) is 0.360. The van der Waals surface area contributed by atoms with Gasteiger partial charge in [0.1, 0.15) is 0 Å². The number of nitrogens with one attached hydrogen (secondary N) is 1. The molecule has 3 heteroatoms. The maximum atomic E-state index is 11.9. The van der Waals surface area contributed by atoms with E-state index in [2.05, 4.69) is 19.2 Å². The molecule has 16 heavy (non-hydrogen) atoms. The van der Waals surface area contributed by atoms with Gasteiger partial charge < -0.3 is 11.1 Å². The Hall–Kier alpha value is -1.51. The number of benzene rings is 1. The molecular weight excluding hydrogens is 200 g/mol. The van der Waals surface area contributed by atoms with Crippen LogP contribution in [-0.4, -0.2) is 5.91 Å². The summed E-state index contributed by atoms with van der Waals surface area (Å²) in [6, 6.07) is 3.85. The number of fused-ring (bicyclic) bond motifs is 1. The van der Waals surface area contributed by atoms with Crippen molar-refractivity contribution in [1.82, 2.24) is 0 Å². The van der Waals surface area contributed by atoms with Crippen molar-refractivity contribution in [3.8, 4) is 0 Å². The molecule has 1 aliphatic rings. The second kappa shape index (κ2) is 3.24. The molecule has 1 amide bonds. The van der Waals surface area contributed by atoms with E-state index in [0.717, 1.165) is 22.5 Å². The van der Waals surface area contributed by atoms with Crippen LogP contribution >= 0.6 is 0 Å². The third-order valence-electron chi connectivity index (χ3n) is 3.34. The SMILES string of the molecule is CC(C)c1c(N)ccc2c1NC(=O)C2(C)C. The molecule has 3 N–H and O–H groups in total. The zero-order chi connectivity index (χ0) is 12.1. The number of nitrogen functional groups attached to an aromatic ring is 1. The minimum atomic E-state index is -0.452. The van der Waals surface area contributed by atoms with Crippen LogP contribution in [-0.2, 0) is 10.2 Å². The van der Waals surface area contributed by atoms with E-state index < -0.39 is 5.41 Å². The highest BCUT2D eigenvalue weighted by molar-refractivity contribution is 6.07. The fourth-order valence-corrected chi connectivity index (χ4v) is 2.31. The molecule has 1 aromatic rings. The van der Waals surface area contributed by atoms with Crippen molar-refractivity contribution in [2.45, 2.75) is 39.0 Å². The maximum Gasteiger partial charge on any atom is 0.234 e. The molecule has 1 aromatic carbocycles. The van der Waals surface area contributed by atoms with E-state index in [1.54, 1.807) is 0 Å². The molecule has 3 nitrogen and oxygen atoms in total. The number of carbonyl (C=O) groups excluding carboxylic acids is 1. The minimum Gasteiger partial charge on any atom is -0.398 e. The fourth-order valence-electron chi connectivity index (χ4n) is 2.31. The van der Waals surface area contributed by atoms with Crippen LogP contribution in [0.3, 0.4) is 0 Å². The van der Waals surface area contributed by atoms with Crippen LogP contribution < -0.4 is 11.1 Å². The van der Waals surface area contributed by atoms with Gasteiger partial charge in [0.15, 0.2) is 0 Å². The Morgan fingerprint density at radius 1 is 1.31 bits per heavy atom. The third-order valence-corrected chi connectivity index (χ3v) is 3.34. The van der Waals surface area contributed by atoms with E-state index in [0.29, 0.717) is 5.92 Å². The van der Waals surface area contributed by atoms with E-state index >= 15 is 0 Å². The second-order valence-electron chi connectivity index (χ2n) is 5.22. The molecule has 0 aromatic heterocycles. The normalized spacial score (nSPS) is 17.4. The lowest BCUT2D eigenvalue weighted by Gasteiger charge is -2.17. The second-order valence-corrected chi connectivity index (χ2v) is 5.22. The Bertz CT molecular complexity index is 461. The van der Waals surface area contributed by atoms with Crippen LogP contribution in [0.1, 0.15) is 44.7 Å². The first-order chi connectivity index (χ1) is 7.35. The summed E-state index contributed by atoms with van der Waals surface area (Å²) < 4.78 is 0. The van der Waals surface area contributed by atoms with Crippen LogP contribution in [0.2, 0.25) is 0 Å². The van der Waals surface area contributed by atoms with Gasteiger partial charge in [-0.3, -0.25) is 4.79 Å². The van der Waals surface area contributed by atoms with Crippen LogP contribution in [0.5, 0.6) is 0 Å². The summed E-state index contributed by atoms with van der Waals surface area (Å²) in [5.41, 5.74) is 9.31. The van der Waals surface area contributed by atoms with E-state index in [9.17, 15) is 4.79 Å². The highest BCUT2D eigenvalue weighted by Crippen LogP contribution is 2.43. The van der Waals surface area contributed by atoms with Gasteiger partial charge in [-0.25, -0.2) is 0 Å². The lowest BCUT2D eigenvalue weighted by atomic mass is 9.84. The number of anilines is 2. The molecule has 0 atom stereocenters. The first-order valence-corrected chi connectivity index (χ1v) is 5.60. The molecule has 1 aliphatic heterocycles. The topological polar surface area (TPSA) is 55.1 Å². The fraction of sp³-hybridized carbons (Fsp3) is 0.462. The van der Waals surface area contributed by atoms with E-state index in [1.807, 2.05) is 26.0 Å². The Balaban J connectivity index is 2.70. The van der Waals surface area contributed by atoms with Gasteiger partial charge in [0.05, 0.1) is 11.1 Å². The molecule has 1 heterocycles. The standard InChI is InChI=1S/C13H18N2O/c1-7(2)10-9(14)6-5-8-11(10)15-12(16)13(8,3)4/h5-7H,14H2,1-4H3,(H,15,16). The Morgan fingerprint density at radius 2 is 1.94 bits per heavy atom. The van der Waals surface area contributed by atoms with Gasteiger partial charge in [-0.05, 0) is 31.4 Å². The zero-order valence-electron chi connectivity index (χ0n) is 10.2. The van der Waals surface area contributed by atoms with Crippen LogP contribution in [0.4, 0.5) is 11.4 Å². The summed E-state index contributed by atoms with van der Waals surface area (Å²) >= 11 is 0. The summed E-state index contributed by atoms with van der Waals surface area (Å²) in [7, 11) is 0. The third kappa shape index (κ3) is 1.31. The van der Waals surface area contributed by atoms with Crippen molar-refractivity contribution in [1.29, 1.82) is 0 Å². The van der Waals surface area contributed by atoms with Crippen molar-refractivity contribution in [3.63, 3.8) is 0 Å². The number of hydrogen-bond donors (Lipinski definition) is 2. The van der Waals surface area contributed by atoms with Crippen molar-refractivity contribution in [3.05, 3.63) is 23.3 Å². The summed E-state index contributed by atoms with van der Waals surface area (Å²) in [6.45, 7) is 8.05. The smallest absolute Gasteiger partial charge is 0.234 e. The molecule has 0 aliphatic carbocycles. The van der Waals surface area contributed by atoms with Gasteiger partial charge in [0, 0.05) is 11.3 Å². The van der Waals surface area contributed by atoms with Crippen molar-refractivity contribution in [2.75, 3.05) is 11.1 Å². The quantitative estimate of drug-likeness (QED) is 0.712. The summed E-state index contributed by atoms with van der Waals surface area (Å²) in [4.78, 5) is 11.9. The van der Waals surface area contributed by atoms with Crippen LogP contribution in [0.25, 0.3) is 0 Å².